The number of ether oxygens (including phenoxy) is 1. The Morgan fingerprint density at radius 1 is 1.30 bits per heavy atom. The third kappa shape index (κ3) is 2.44. The summed E-state index contributed by atoms with van der Waals surface area (Å²) in [4.78, 5) is 0.302. The highest BCUT2D eigenvalue weighted by Gasteiger charge is 2.23. The summed E-state index contributed by atoms with van der Waals surface area (Å²) >= 11 is 11.1. The predicted octanol–water partition coefficient (Wildman–Crippen LogP) is 3.52. The van der Waals surface area contributed by atoms with E-state index in [1.54, 1.807) is 0 Å². The number of thiocarbonyl (C=S) groups is 1. The van der Waals surface area contributed by atoms with E-state index in [-0.39, 0.29) is 6.04 Å². The molecule has 0 saturated carbocycles. The van der Waals surface area contributed by atoms with Crippen LogP contribution in [0, 0.1) is 0 Å². The van der Waals surface area contributed by atoms with Crippen molar-refractivity contribution in [1.82, 2.24) is 0 Å². The van der Waals surface area contributed by atoms with Crippen LogP contribution in [0.15, 0.2) is 42.5 Å². The monoisotopic (exact) mass is 304 g/mol. The maximum absolute atomic E-state index is 6.17. The van der Waals surface area contributed by atoms with Crippen LogP contribution in [0.3, 0.4) is 0 Å². The molecule has 1 heterocycles. The first kappa shape index (κ1) is 13.2. The maximum atomic E-state index is 6.17. The number of nitrogens with two attached hydrogens (primary N) is 1. The zero-order valence-corrected chi connectivity index (χ0v) is 12.2. The molecule has 0 spiro atoms. The molecule has 102 valence electrons. The van der Waals surface area contributed by atoms with Gasteiger partial charge in [0.15, 0.2) is 0 Å². The van der Waals surface area contributed by atoms with E-state index in [1.807, 2.05) is 36.4 Å². The van der Waals surface area contributed by atoms with Crippen LogP contribution in [0.1, 0.15) is 17.2 Å². The Kier molecular flexibility index (Phi) is 3.51. The number of halogens is 1. The predicted molar refractivity (Wildman–Crippen MR) is 85.6 cm³/mol. The van der Waals surface area contributed by atoms with E-state index >= 15 is 0 Å². The van der Waals surface area contributed by atoms with Crippen LogP contribution < -0.4 is 15.8 Å². The van der Waals surface area contributed by atoms with Gasteiger partial charge in [-0.3, -0.25) is 0 Å². The van der Waals surface area contributed by atoms with E-state index in [1.165, 1.54) is 0 Å². The van der Waals surface area contributed by atoms with Gasteiger partial charge in [0.1, 0.15) is 17.3 Å². The van der Waals surface area contributed by atoms with Crippen LogP contribution in [-0.2, 0) is 0 Å². The second kappa shape index (κ2) is 5.31. The van der Waals surface area contributed by atoms with Crippen molar-refractivity contribution in [2.45, 2.75) is 6.04 Å². The first-order valence-electron chi connectivity index (χ1n) is 6.23. The fourth-order valence-corrected chi connectivity index (χ4v) is 2.80. The van der Waals surface area contributed by atoms with Crippen molar-refractivity contribution >= 4 is 34.5 Å². The van der Waals surface area contributed by atoms with Crippen LogP contribution in [-0.4, -0.2) is 11.6 Å². The van der Waals surface area contributed by atoms with Crippen LogP contribution in [0.2, 0.25) is 5.02 Å². The molecule has 0 amide bonds. The molecule has 2 aromatic rings. The van der Waals surface area contributed by atoms with E-state index in [0.29, 0.717) is 22.2 Å². The summed E-state index contributed by atoms with van der Waals surface area (Å²) in [6, 6.07) is 13.7. The first-order chi connectivity index (χ1) is 9.65. The Morgan fingerprint density at radius 2 is 2.10 bits per heavy atom. The number of fused-ring (bicyclic) bond motifs is 1. The molecule has 0 aromatic heterocycles. The summed E-state index contributed by atoms with van der Waals surface area (Å²) in [5.74, 6) is 0.927. The van der Waals surface area contributed by atoms with Gasteiger partial charge in [0.2, 0.25) is 0 Å². The summed E-state index contributed by atoms with van der Waals surface area (Å²) < 4.78 is 5.64. The van der Waals surface area contributed by atoms with Crippen LogP contribution in [0.5, 0.6) is 5.75 Å². The molecular weight excluding hydrogens is 292 g/mol. The highest BCUT2D eigenvalue weighted by atomic mass is 35.5. The second-order valence-electron chi connectivity index (χ2n) is 4.60. The quantitative estimate of drug-likeness (QED) is 0.852. The van der Waals surface area contributed by atoms with Crippen molar-refractivity contribution in [3.8, 4) is 5.75 Å². The highest BCUT2D eigenvalue weighted by molar-refractivity contribution is 7.80. The summed E-state index contributed by atoms with van der Waals surface area (Å²) in [7, 11) is 0. The fourth-order valence-electron chi connectivity index (χ4n) is 2.29. The van der Waals surface area contributed by atoms with Crippen molar-refractivity contribution in [1.29, 1.82) is 0 Å². The normalized spacial score (nSPS) is 16.4. The zero-order chi connectivity index (χ0) is 14.1. The van der Waals surface area contributed by atoms with Crippen molar-refractivity contribution in [3.05, 3.63) is 58.6 Å². The largest absolute Gasteiger partial charge is 0.491 e. The maximum Gasteiger partial charge on any atom is 0.124 e. The van der Waals surface area contributed by atoms with E-state index in [9.17, 15) is 0 Å². The van der Waals surface area contributed by atoms with Crippen molar-refractivity contribution < 1.29 is 4.74 Å². The molecular formula is C15H13ClN2OS. The molecule has 1 unspecified atom stereocenters. The molecule has 1 atom stereocenters. The van der Waals surface area contributed by atoms with Gasteiger partial charge in [-0.1, -0.05) is 42.0 Å². The van der Waals surface area contributed by atoms with Crippen LogP contribution in [0.4, 0.5) is 5.69 Å². The molecule has 3 N–H and O–H groups in total. The molecule has 5 heteroatoms. The standard InChI is InChI=1S/C15H13ClN2OS/c16-12-7-9(5-6-10(12)15(17)20)18-13-8-19-14-4-2-1-3-11(13)14/h1-7,13,18H,8H2,(H2,17,20). The number of anilines is 1. The number of hydrogen-bond donors (Lipinski definition) is 2. The molecule has 1 aliphatic heterocycles. The topological polar surface area (TPSA) is 47.3 Å². The fraction of sp³-hybridized carbons (Fsp3) is 0.133. The van der Waals surface area contributed by atoms with Crippen molar-refractivity contribution in [2.24, 2.45) is 5.73 Å². The SMILES string of the molecule is NC(=S)c1ccc(NC2COc3ccccc32)cc1Cl. The van der Waals surface area contributed by atoms with Crippen LogP contribution in [0.25, 0.3) is 0 Å². The molecule has 0 radical (unpaired) electrons. The molecule has 0 fully saturated rings. The minimum atomic E-state index is 0.123. The zero-order valence-electron chi connectivity index (χ0n) is 10.6. The summed E-state index contributed by atoms with van der Waals surface area (Å²) in [6.45, 7) is 0.605. The van der Waals surface area contributed by atoms with Crippen LogP contribution >= 0.6 is 23.8 Å². The lowest BCUT2D eigenvalue weighted by molar-refractivity contribution is 0.340. The first-order valence-corrected chi connectivity index (χ1v) is 7.01. The molecule has 0 bridgehead atoms. The van der Waals surface area contributed by atoms with Gasteiger partial charge in [-0.2, -0.15) is 0 Å². The van der Waals surface area contributed by atoms with E-state index in [4.69, 9.17) is 34.3 Å². The molecule has 1 aliphatic rings. The van der Waals surface area contributed by atoms with Gasteiger partial charge in [0, 0.05) is 16.8 Å². The Hall–Kier alpha value is -1.78. The Balaban J connectivity index is 1.83. The highest BCUT2D eigenvalue weighted by Crippen LogP contribution is 2.34. The number of nitrogens with one attached hydrogen (secondary N) is 1. The Labute approximate surface area is 127 Å². The smallest absolute Gasteiger partial charge is 0.124 e. The van der Waals surface area contributed by atoms with Gasteiger partial charge >= 0.3 is 0 Å². The van der Waals surface area contributed by atoms with Gasteiger partial charge in [-0.15, -0.1) is 0 Å². The molecule has 3 nitrogen and oxygen atoms in total. The number of para-hydroxylation sites is 1. The van der Waals surface area contributed by atoms with E-state index in [0.717, 1.165) is 17.0 Å². The number of rotatable bonds is 3. The number of hydrogen-bond acceptors (Lipinski definition) is 3. The summed E-state index contributed by atoms with van der Waals surface area (Å²) in [6.07, 6.45) is 0. The van der Waals surface area contributed by atoms with E-state index < -0.39 is 0 Å². The van der Waals surface area contributed by atoms with Gasteiger partial charge < -0.3 is 15.8 Å². The third-order valence-electron chi connectivity index (χ3n) is 3.28. The Morgan fingerprint density at radius 3 is 2.85 bits per heavy atom. The Bertz CT molecular complexity index is 675. The van der Waals surface area contributed by atoms with Crippen molar-refractivity contribution in [2.75, 3.05) is 11.9 Å². The average Bonchev–Trinajstić information content (AvgIpc) is 2.82. The van der Waals surface area contributed by atoms with Crippen molar-refractivity contribution in [3.63, 3.8) is 0 Å². The van der Waals surface area contributed by atoms with Gasteiger partial charge in [-0.25, -0.2) is 0 Å². The molecule has 0 saturated heterocycles. The second-order valence-corrected chi connectivity index (χ2v) is 5.45. The molecule has 3 rings (SSSR count). The lowest BCUT2D eigenvalue weighted by Gasteiger charge is -2.14. The molecule has 20 heavy (non-hydrogen) atoms. The van der Waals surface area contributed by atoms with Gasteiger partial charge in [-0.05, 0) is 24.3 Å². The minimum absolute atomic E-state index is 0.123. The molecule has 0 aliphatic carbocycles. The summed E-state index contributed by atoms with van der Waals surface area (Å²) in [5.41, 5.74) is 8.36. The third-order valence-corrected chi connectivity index (χ3v) is 3.81. The lowest BCUT2D eigenvalue weighted by atomic mass is 10.1. The average molecular weight is 305 g/mol. The van der Waals surface area contributed by atoms with Gasteiger partial charge in [0.05, 0.1) is 11.1 Å². The summed E-state index contributed by atoms with van der Waals surface area (Å²) in [5, 5.41) is 3.96. The van der Waals surface area contributed by atoms with Gasteiger partial charge in [0.25, 0.3) is 0 Å². The van der Waals surface area contributed by atoms with E-state index in [2.05, 4.69) is 11.4 Å². The molecule has 2 aromatic carbocycles. The minimum Gasteiger partial charge on any atom is -0.491 e. The lowest BCUT2D eigenvalue weighted by Crippen LogP contribution is -2.13. The number of benzene rings is 2.